The number of thiophene rings is 1. The van der Waals surface area contributed by atoms with Gasteiger partial charge in [-0.2, -0.15) is 11.8 Å². The monoisotopic (exact) mass is 317 g/mol. The first-order chi connectivity index (χ1) is 9.06. The maximum absolute atomic E-state index is 12.2. The van der Waals surface area contributed by atoms with E-state index in [1.165, 1.54) is 11.3 Å². The summed E-state index contributed by atoms with van der Waals surface area (Å²) in [7, 11) is 3.52. The molecule has 19 heavy (non-hydrogen) atoms. The van der Waals surface area contributed by atoms with Gasteiger partial charge in [0.05, 0.1) is 10.6 Å². The van der Waals surface area contributed by atoms with Crippen molar-refractivity contribution in [3.63, 3.8) is 0 Å². The van der Waals surface area contributed by atoms with Gasteiger partial charge < -0.3 is 15.5 Å². The van der Waals surface area contributed by atoms with Crippen LogP contribution in [0.4, 0.5) is 10.7 Å². The Hall–Kier alpha value is -0.530. The van der Waals surface area contributed by atoms with E-state index in [2.05, 4.69) is 4.90 Å². The number of anilines is 2. The predicted octanol–water partition coefficient (Wildman–Crippen LogP) is 2.31. The van der Waals surface area contributed by atoms with E-state index in [0.29, 0.717) is 10.6 Å². The fourth-order valence-corrected chi connectivity index (χ4v) is 5.11. The van der Waals surface area contributed by atoms with Crippen LogP contribution in [-0.4, -0.2) is 55.8 Å². The number of rotatable bonds is 3. The summed E-state index contributed by atoms with van der Waals surface area (Å²) in [5.74, 6) is 2.28. The summed E-state index contributed by atoms with van der Waals surface area (Å²) in [6.45, 7) is 2.07. The van der Waals surface area contributed by atoms with Crippen LogP contribution in [-0.2, 0) is 0 Å². The number of nitrogen functional groups attached to an aromatic ring is 1. The zero-order valence-electron chi connectivity index (χ0n) is 11.4. The molecular weight excluding hydrogens is 298 g/mol. The third-order valence-electron chi connectivity index (χ3n) is 2.99. The van der Waals surface area contributed by atoms with Gasteiger partial charge in [-0.1, -0.05) is 0 Å². The van der Waals surface area contributed by atoms with Gasteiger partial charge in [0, 0.05) is 38.7 Å². The minimum absolute atomic E-state index is 0.00423. The lowest BCUT2D eigenvalue weighted by Crippen LogP contribution is -2.32. The van der Waals surface area contributed by atoms with E-state index < -0.39 is 0 Å². The molecule has 7 heteroatoms. The van der Waals surface area contributed by atoms with Crippen molar-refractivity contribution >= 4 is 51.5 Å². The molecule has 0 saturated carbocycles. The standard InChI is InChI=1S/C12H19N3OS3/c1-14(2)11(16)9-8(13)10(17-3)12(19-9)15-4-6-18-7-5-15/h4-7,13H2,1-3H3. The molecule has 2 N–H and O–H groups in total. The van der Waals surface area contributed by atoms with E-state index in [4.69, 9.17) is 5.73 Å². The van der Waals surface area contributed by atoms with Crippen molar-refractivity contribution in [3.05, 3.63) is 4.88 Å². The molecule has 1 aromatic heterocycles. The first-order valence-electron chi connectivity index (χ1n) is 6.06. The van der Waals surface area contributed by atoms with Gasteiger partial charge in [-0.25, -0.2) is 0 Å². The Kier molecular flexibility index (Phi) is 4.92. The van der Waals surface area contributed by atoms with Crippen LogP contribution in [0.25, 0.3) is 0 Å². The lowest BCUT2D eigenvalue weighted by Gasteiger charge is -2.27. The van der Waals surface area contributed by atoms with Gasteiger partial charge in [-0.15, -0.1) is 23.1 Å². The van der Waals surface area contributed by atoms with Gasteiger partial charge in [-0.05, 0) is 6.26 Å². The quantitative estimate of drug-likeness (QED) is 0.867. The van der Waals surface area contributed by atoms with E-state index in [-0.39, 0.29) is 5.91 Å². The second-order valence-corrected chi connectivity index (χ2v) is 7.52. The summed E-state index contributed by atoms with van der Waals surface area (Å²) in [5.41, 5.74) is 6.81. The Labute approximate surface area is 126 Å². The molecule has 1 aliphatic rings. The van der Waals surface area contributed by atoms with Gasteiger partial charge in [0.2, 0.25) is 0 Å². The van der Waals surface area contributed by atoms with Crippen molar-refractivity contribution < 1.29 is 4.79 Å². The lowest BCUT2D eigenvalue weighted by molar-refractivity contribution is 0.0833. The largest absolute Gasteiger partial charge is 0.396 e. The molecule has 1 aliphatic heterocycles. The summed E-state index contributed by atoms with van der Waals surface area (Å²) < 4.78 is 0. The Bertz CT molecular complexity index is 467. The summed E-state index contributed by atoms with van der Waals surface area (Å²) in [5, 5.41) is 1.16. The zero-order valence-corrected chi connectivity index (χ0v) is 13.9. The Morgan fingerprint density at radius 3 is 2.53 bits per heavy atom. The van der Waals surface area contributed by atoms with Gasteiger partial charge in [0.1, 0.15) is 9.88 Å². The van der Waals surface area contributed by atoms with Crippen LogP contribution in [0.3, 0.4) is 0 Å². The average Bonchev–Trinajstić information content (AvgIpc) is 2.75. The van der Waals surface area contributed by atoms with Crippen molar-refractivity contribution in [2.24, 2.45) is 0 Å². The topological polar surface area (TPSA) is 49.6 Å². The van der Waals surface area contributed by atoms with E-state index in [1.54, 1.807) is 30.8 Å². The normalized spacial score (nSPS) is 15.6. The van der Waals surface area contributed by atoms with Gasteiger partial charge >= 0.3 is 0 Å². The van der Waals surface area contributed by atoms with Crippen molar-refractivity contribution in [2.75, 3.05) is 55.6 Å². The number of hydrogen-bond acceptors (Lipinski definition) is 6. The molecule has 2 heterocycles. The number of carbonyl (C=O) groups excluding carboxylic acids is 1. The second-order valence-electron chi connectivity index (χ2n) is 4.48. The fraction of sp³-hybridized carbons (Fsp3) is 0.583. The molecule has 1 fully saturated rings. The molecule has 1 aromatic rings. The van der Waals surface area contributed by atoms with E-state index in [1.807, 2.05) is 18.0 Å². The highest BCUT2D eigenvalue weighted by Gasteiger charge is 2.25. The molecule has 0 atom stereocenters. The molecule has 0 spiro atoms. The highest BCUT2D eigenvalue weighted by Crippen LogP contribution is 2.44. The average molecular weight is 318 g/mol. The summed E-state index contributed by atoms with van der Waals surface area (Å²) >= 11 is 5.14. The highest BCUT2D eigenvalue weighted by molar-refractivity contribution is 7.99. The van der Waals surface area contributed by atoms with Crippen LogP contribution >= 0.6 is 34.9 Å². The number of hydrogen-bond donors (Lipinski definition) is 1. The molecule has 0 unspecified atom stereocenters. The smallest absolute Gasteiger partial charge is 0.265 e. The first-order valence-corrected chi connectivity index (χ1v) is 9.26. The number of nitrogens with zero attached hydrogens (tertiary/aromatic N) is 2. The molecular formula is C12H19N3OS3. The van der Waals surface area contributed by atoms with Gasteiger partial charge in [0.15, 0.2) is 0 Å². The zero-order chi connectivity index (χ0) is 14.0. The molecule has 106 valence electrons. The second kappa shape index (κ2) is 6.28. The van der Waals surface area contributed by atoms with Gasteiger partial charge in [0.25, 0.3) is 5.91 Å². The van der Waals surface area contributed by atoms with Crippen LogP contribution in [0.5, 0.6) is 0 Å². The van der Waals surface area contributed by atoms with Crippen LogP contribution in [0.2, 0.25) is 0 Å². The fourth-order valence-electron chi connectivity index (χ4n) is 1.95. The number of amides is 1. The maximum atomic E-state index is 12.2. The number of thioether (sulfide) groups is 2. The molecule has 2 rings (SSSR count). The van der Waals surface area contributed by atoms with E-state index in [0.717, 1.165) is 34.5 Å². The maximum Gasteiger partial charge on any atom is 0.265 e. The number of carbonyl (C=O) groups is 1. The van der Waals surface area contributed by atoms with Crippen LogP contribution in [0.1, 0.15) is 9.67 Å². The minimum atomic E-state index is -0.00423. The van der Waals surface area contributed by atoms with E-state index >= 15 is 0 Å². The molecule has 0 aromatic carbocycles. The minimum Gasteiger partial charge on any atom is -0.396 e. The van der Waals surface area contributed by atoms with Crippen molar-refractivity contribution in [3.8, 4) is 0 Å². The van der Waals surface area contributed by atoms with Crippen LogP contribution in [0, 0.1) is 0 Å². The number of nitrogens with two attached hydrogens (primary N) is 1. The summed E-state index contributed by atoms with van der Waals surface area (Å²) in [6.07, 6.45) is 2.02. The summed E-state index contributed by atoms with van der Waals surface area (Å²) in [4.78, 5) is 17.8. The molecule has 0 bridgehead atoms. The molecule has 4 nitrogen and oxygen atoms in total. The molecule has 1 amide bonds. The third kappa shape index (κ3) is 2.98. The molecule has 0 radical (unpaired) electrons. The Balaban J connectivity index is 2.37. The van der Waals surface area contributed by atoms with Crippen LogP contribution < -0.4 is 10.6 Å². The van der Waals surface area contributed by atoms with Gasteiger partial charge in [-0.3, -0.25) is 4.79 Å². The summed E-state index contributed by atoms with van der Waals surface area (Å²) in [6, 6.07) is 0. The Morgan fingerprint density at radius 2 is 2.00 bits per heavy atom. The van der Waals surface area contributed by atoms with Crippen molar-refractivity contribution in [1.29, 1.82) is 0 Å². The molecule has 1 saturated heterocycles. The van der Waals surface area contributed by atoms with E-state index in [9.17, 15) is 4.79 Å². The van der Waals surface area contributed by atoms with Crippen molar-refractivity contribution in [1.82, 2.24) is 4.90 Å². The molecule has 0 aliphatic carbocycles. The first kappa shape index (κ1) is 14.9. The van der Waals surface area contributed by atoms with Crippen LogP contribution in [0.15, 0.2) is 4.90 Å². The predicted molar refractivity (Wildman–Crippen MR) is 88.1 cm³/mol. The highest BCUT2D eigenvalue weighted by atomic mass is 32.2. The van der Waals surface area contributed by atoms with Crippen molar-refractivity contribution in [2.45, 2.75) is 4.90 Å². The SMILES string of the molecule is CSc1c(N2CCSCC2)sc(C(=O)N(C)C)c1N. The Morgan fingerprint density at radius 1 is 1.37 bits per heavy atom. The third-order valence-corrected chi connectivity index (χ3v) is 6.13. The lowest BCUT2D eigenvalue weighted by atomic mass is 10.3.